The maximum absolute atomic E-state index is 10.1. The van der Waals surface area contributed by atoms with Crippen LogP contribution in [0.15, 0.2) is 155 Å². The molecule has 9 rings (SSSR count). The molecule has 1 aliphatic rings. The zero-order valence-corrected chi connectivity index (χ0v) is 25.8. The average molecular weight is 621 g/mol. The number of aromatic nitrogens is 4. The van der Waals surface area contributed by atoms with E-state index in [-0.39, 0.29) is 0 Å². The highest BCUT2D eigenvalue weighted by molar-refractivity contribution is 7.99. The molecule has 0 aliphatic carbocycles. The molecule has 0 amide bonds. The number of nitrogens with zero attached hydrogens (tertiary/aromatic N) is 6. The minimum absolute atomic E-state index is 0.482. The molecule has 6 aromatic carbocycles. The van der Waals surface area contributed by atoms with Gasteiger partial charge in [-0.25, -0.2) is 4.98 Å². The van der Waals surface area contributed by atoms with Gasteiger partial charge < -0.3 is 4.90 Å². The molecule has 47 heavy (non-hydrogen) atoms. The normalized spacial score (nSPS) is 12.1. The maximum Gasteiger partial charge on any atom is 0.238 e. The van der Waals surface area contributed by atoms with Crippen molar-refractivity contribution in [1.29, 1.82) is 5.26 Å². The molecule has 0 unspecified atom stereocenters. The number of hydrogen-bond donors (Lipinski definition) is 0. The Kier molecular flexibility index (Phi) is 6.34. The lowest BCUT2D eigenvalue weighted by Crippen LogP contribution is -2.16. The number of rotatable bonds is 4. The summed E-state index contributed by atoms with van der Waals surface area (Å²) in [7, 11) is 0. The van der Waals surface area contributed by atoms with Gasteiger partial charge in [0.25, 0.3) is 0 Å². The molecule has 1 aliphatic heterocycles. The summed E-state index contributed by atoms with van der Waals surface area (Å²) in [6.45, 7) is 0. The number of hydrogen-bond acceptors (Lipinski definition) is 6. The zero-order chi connectivity index (χ0) is 31.3. The molecule has 0 atom stereocenters. The molecule has 3 heterocycles. The monoisotopic (exact) mass is 620 g/mol. The predicted molar refractivity (Wildman–Crippen MR) is 189 cm³/mol. The minimum atomic E-state index is 0.482. The van der Waals surface area contributed by atoms with Crippen LogP contribution in [0.2, 0.25) is 0 Å². The van der Waals surface area contributed by atoms with Crippen molar-refractivity contribution >= 4 is 50.6 Å². The highest BCUT2D eigenvalue weighted by atomic mass is 32.2. The third kappa shape index (κ3) is 4.46. The number of anilines is 3. The lowest BCUT2D eigenvalue weighted by molar-refractivity contribution is 0.953. The van der Waals surface area contributed by atoms with Gasteiger partial charge in [-0.3, -0.25) is 4.57 Å². The van der Waals surface area contributed by atoms with E-state index in [1.165, 1.54) is 0 Å². The second-order valence-corrected chi connectivity index (χ2v) is 12.3. The van der Waals surface area contributed by atoms with Gasteiger partial charge in [0.15, 0.2) is 11.6 Å². The lowest BCUT2D eigenvalue weighted by Gasteiger charge is -2.34. The molecule has 6 nitrogen and oxygen atoms in total. The Morgan fingerprint density at radius 1 is 0.532 bits per heavy atom. The molecule has 0 radical (unpaired) electrons. The largest absolute Gasteiger partial charge is 0.307 e. The molecule has 0 bridgehead atoms. The Bertz CT molecular complexity index is 2430. The van der Waals surface area contributed by atoms with E-state index in [1.807, 2.05) is 60.7 Å². The third-order valence-electron chi connectivity index (χ3n) is 8.48. The third-order valence-corrected chi connectivity index (χ3v) is 9.61. The van der Waals surface area contributed by atoms with E-state index in [4.69, 9.17) is 15.0 Å². The van der Waals surface area contributed by atoms with Crippen LogP contribution in [-0.2, 0) is 0 Å². The molecule has 220 valence electrons. The quantitative estimate of drug-likeness (QED) is 0.195. The number of fused-ring (bicyclic) bond motifs is 5. The lowest BCUT2D eigenvalue weighted by atomic mass is 10.0. The predicted octanol–water partition coefficient (Wildman–Crippen LogP) is 10.1. The van der Waals surface area contributed by atoms with E-state index in [0.29, 0.717) is 23.2 Å². The fourth-order valence-corrected chi connectivity index (χ4v) is 7.44. The molecule has 2 aromatic heterocycles. The molecule has 0 N–H and O–H groups in total. The van der Waals surface area contributed by atoms with Crippen LogP contribution in [0.25, 0.3) is 50.5 Å². The molecule has 8 aromatic rings. The first-order chi connectivity index (χ1) is 23.3. The Morgan fingerprint density at radius 3 is 1.77 bits per heavy atom. The average Bonchev–Trinajstić information content (AvgIpc) is 3.48. The molecule has 0 spiro atoms. The molecule has 0 saturated carbocycles. The van der Waals surface area contributed by atoms with Crippen molar-refractivity contribution in [2.45, 2.75) is 9.79 Å². The summed E-state index contributed by atoms with van der Waals surface area (Å²) in [6, 6.07) is 51.5. The van der Waals surface area contributed by atoms with E-state index in [9.17, 15) is 5.26 Å². The zero-order valence-electron chi connectivity index (χ0n) is 24.9. The summed E-state index contributed by atoms with van der Waals surface area (Å²) in [5.74, 6) is 1.54. The van der Waals surface area contributed by atoms with Gasteiger partial charge >= 0.3 is 0 Å². The second kappa shape index (κ2) is 11.0. The summed E-state index contributed by atoms with van der Waals surface area (Å²) in [5, 5.41) is 12.3. The standard InChI is InChI=1S/C40H24N6S/c41-25-26-22-23-33(45-34-18-8-10-20-36(34)47-37-21-11-9-19-35(37)45)30(24-26)39-42-38(27-12-2-1-3-13-27)43-40(44-39)46-31-16-6-4-14-28(31)29-15-5-7-17-32(29)46/h1-24H. The van der Waals surface area contributed by atoms with Crippen LogP contribution in [0, 0.1) is 11.3 Å². The van der Waals surface area contributed by atoms with E-state index >= 15 is 0 Å². The van der Waals surface area contributed by atoms with Gasteiger partial charge in [-0.2, -0.15) is 15.2 Å². The van der Waals surface area contributed by atoms with Crippen LogP contribution in [-0.4, -0.2) is 19.5 Å². The Hall–Kier alpha value is -6.23. The van der Waals surface area contributed by atoms with Crippen LogP contribution in [0.4, 0.5) is 17.1 Å². The van der Waals surface area contributed by atoms with E-state index in [1.54, 1.807) is 11.8 Å². The smallest absolute Gasteiger partial charge is 0.238 e. The van der Waals surface area contributed by atoms with Crippen LogP contribution in [0.1, 0.15) is 5.56 Å². The van der Waals surface area contributed by atoms with Crippen molar-refractivity contribution in [2.75, 3.05) is 4.90 Å². The first kappa shape index (κ1) is 27.1. The van der Waals surface area contributed by atoms with Crippen LogP contribution >= 0.6 is 11.8 Å². The number of para-hydroxylation sites is 4. The second-order valence-electron chi connectivity index (χ2n) is 11.2. The van der Waals surface area contributed by atoms with Crippen LogP contribution in [0.5, 0.6) is 0 Å². The van der Waals surface area contributed by atoms with Gasteiger partial charge in [0.1, 0.15) is 0 Å². The Balaban J connectivity index is 1.35. The van der Waals surface area contributed by atoms with Crippen molar-refractivity contribution in [3.05, 3.63) is 151 Å². The van der Waals surface area contributed by atoms with Crippen molar-refractivity contribution in [3.63, 3.8) is 0 Å². The highest BCUT2D eigenvalue weighted by Gasteiger charge is 2.28. The van der Waals surface area contributed by atoms with Gasteiger partial charge in [-0.15, -0.1) is 0 Å². The SMILES string of the molecule is N#Cc1ccc(N2c3ccccc3Sc3ccccc32)c(-c2nc(-c3ccccc3)nc(-n3c4ccccc4c4ccccc43)n2)c1. The Morgan fingerprint density at radius 2 is 1.11 bits per heavy atom. The minimum Gasteiger partial charge on any atom is -0.307 e. The van der Waals surface area contributed by atoms with Crippen molar-refractivity contribution in [3.8, 4) is 34.8 Å². The van der Waals surface area contributed by atoms with Gasteiger partial charge in [-0.05, 0) is 54.6 Å². The summed E-state index contributed by atoms with van der Waals surface area (Å²) in [4.78, 5) is 20.0. The first-order valence-electron chi connectivity index (χ1n) is 15.3. The summed E-state index contributed by atoms with van der Waals surface area (Å²) in [5.41, 5.74) is 7.14. The topological polar surface area (TPSA) is 70.6 Å². The fraction of sp³-hybridized carbons (Fsp3) is 0. The first-order valence-corrected chi connectivity index (χ1v) is 16.1. The van der Waals surface area contributed by atoms with Crippen LogP contribution < -0.4 is 4.90 Å². The fourth-order valence-electron chi connectivity index (χ4n) is 6.38. The molecular formula is C40H24N6S. The van der Waals surface area contributed by atoms with Gasteiger partial charge in [0.05, 0.1) is 39.7 Å². The molecule has 7 heteroatoms. The van der Waals surface area contributed by atoms with Crippen molar-refractivity contribution < 1.29 is 0 Å². The number of benzene rings is 6. The Labute approximate surface area is 275 Å². The van der Waals surface area contributed by atoms with E-state index in [2.05, 4.69) is 100 Å². The van der Waals surface area contributed by atoms with Crippen molar-refractivity contribution in [1.82, 2.24) is 19.5 Å². The maximum atomic E-state index is 10.1. The summed E-state index contributed by atoms with van der Waals surface area (Å²) < 4.78 is 2.11. The van der Waals surface area contributed by atoms with Gasteiger partial charge in [0.2, 0.25) is 5.95 Å². The summed E-state index contributed by atoms with van der Waals surface area (Å²) >= 11 is 1.75. The molecule has 0 fully saturated rings. The summed E-state index contributed by atoms with van der Waals surface area (Å²) in [6.07, 6.45) is 0. The van der Waals surface area contributed by atoms with Gasteiger partial charge in [0, 0.05) is 31.7 Å². The van der Waals surface area contributed by atoms with E-state index in [0.717, 1.165) is 59.8 Å². The number of nitriles is 1. The molecular weight excluding hydrogens is 597 g/mol. The highest BCUT2D eigenvalue weighted by Crippen LogP contribution is 2.52. The van der Waals surface area contributed by atoms with Crippen LogP contribution in [0.3, 0.4) is 0 Å². The van der Waals surface area contributed by atoms with Crippen molar-refractivity contribution in [2.24, 2.45) is 0 Å². The van der Waals surface area contributed by atoms with Gasteiger partial charge in [-0.1, -0.05) is 103 Å². The van der Waals surface area contributed by atoms with E-state index < -0.39 is 0 Å². The molecule has 0 saturated heterocycles.